The fraction of sp³-hybridized carbons (Fsp3) is 0.316. The Morgan fingerprint density at radius 1 is 1.00 bits per heavy atom. The molecule has 2 rings (SSSR count). The van der Waals surface area contributed by atoms with Crippen LogP contribution in [0, 0.1) is 6.92 Å². The quantitative estimate of drug-likeness (QED) is 0.658. The second kappa shape index (κ2) is 9.35. The maximum Gasteiger partial charge on any atom is 0.236 e. The molecule has 2 aromatic carbocycles. The zero-order valence-corrected chi connectivity index (χ0v) is 15.8. The van der Waals surface area contributed by atoms with Crippen molar-refractivity contribution in [1.29, 1.82) is 0 Å². The van der Waals surface area contributed by atoms with E-state index in [4.69, 9.17) is 4.74 Å². The van der Waals surface area contributed by atoms with Crippen LogP contribution in [0.25, 0.3) is 0 Å². The van der Waals surface area contributed by atoms with Crippen LogP contribution in [0.4, 0.5) is 5.69 Å². The maximum absolute atomic E-state index is 12.3. The Bertz CT molecular complexity index is 816. The van der Waals surface area contributed by atoms with E-state index in [1.54, 1.807) is 43.5 Å². The number of hydrogen-bond acceptors (Lipinski definition) is 4. The summed E-state index contributed by atoms with van der Waals surface area (Å²) in [6, 6.07) is 14.2. The van der Waals surface area contributed by atoms with Gasteiger partial charge in [-0.25, -0.2) is 8.42 Å². The van der Waals surface area contributed by atoms with Crippen molar-refractivity contribution < 1.29 is 17.9 Å². The molecule has 0 radical (unpaired) electrons. The lowest BCUT2D eigenvalue weighted by molar-refractivity contribution is -0.120. The lowest BCUT2D eigenvalue weighted by Gasteiger charge is -2.09. The van der Waals surface area contributed by atoms with Gasteiger partial charge in [-0.2, -0.15) is 0 Å². The third kappa shape index (κ3) is 6.85. The van der Waals surface area contributed by atoms with Crippen LogP contribution in [0.1, 0.15) is 16.7 Å². The van der Waals surface area contributed by atoms with Crippen molar-refractivity contribution in [1.82, 2.24) is 5.32 Å². The average molecular weight is 376 g/mol. The molecule has 2 aromatic rings. The Morgan fingerprint density at radius 2 is 1.62 bits per heavy atom. The Kier molecular flexibility index (Phi) is 7.17. The van der Waals surface area contributed by atoms with Crippen LogP contribution >= 0.6 is 0 Å². The highest BCUT2D eigenvalue weighted by atomic mass is 32.2. The van der Waals surface area contributed by atoms with Crippen molar-refractivity contribution in [2.24, 2.45) is 0 Å². The number of ether oxygens (including phenoxy) is 1. The number of nitrogens with one attached hydrogen (secondary N) is 2. The topological polar surface area (TPSA) is 84.5 Å². The molecule has 0 unspecified atom stereocenters. The number of carbonyl (C=O) groups excluding carboxylic acids is 1. The number of anilines is 1. The minimum atomic E-state index is -3.49. The van der Waals surface area contributed by atoms with Crippen molar-refractivity contribution in [3.63, 3.8) is 0 Å². The lowest BCUT2D eigenvalue weighted by Crippen LogP contribution is -2.28. The molecule has 0 aliphatic rings. The fourth-order valence-electron chi connectivity index (χ4n) is 2.35. The minimum Gasteiger partial charge on any atom is -0.383 e. The second-order valence-corrected chi connectivity index (χ2v) is 7.79. The van der Waals surface area contributed by atoms with E-state index in [1.165, 1.54) is 0 Å². The lowest BCUT2D eigenvalue weighted by atomic mass is 10.1. The van der Waals surface area contributed by atoms with Gasteiger partial charge in [-0.05, 0) is 30.2 Å². The number of methoxy groups -OCH3 is 1. The highest BCUT2D eigenvalue weighted by molar-refractivity contribution is 7.91. The first kappa shape index (κ1) is 19.9. The number of amides is 1. The van der Waals surface area contributed by atoms with Gasteiger partial charge in [-0.3, -0.25) is 9.52 Å². The molecule has 0 spiro atoms. The SMILES string of the molecule is COCCNC(=O)Cc1ccc(NS(=O)(=O)Cc2ccc(C)cc2)cc1. The predicted octanol–water partition coefficient (Wildman–Crippen LogP) is 2.24. The molecule has 0 saturated heterocycles. The van der Waals surface area contributed by atoms with Gasteiger partial charge in [0.05, 0.1) is 18.8 Å². The molecule has 0 saturated carbocycles. The molecular weight excluding hydrogens is 352 g/mol. The standard InChI is InChI=1S/C19H24N2O4S/c1-15-3-5-17(6-4-15)14-26(23,24)21-18-9-7-16(8-10-18)13-19(22)20-11-12-25-2/h3-10,21H,11-14H2,1-2H3,(H,20,22). The summed E-state index contributed by atoms with van der Waals surface area (Å²) in [6.45, 7) is 2.88. The highest BCUT2D eigenvalue weighted by Gasteiger charge is 2.12. The summed E-state index contributed by atoms with van der Waals surface area (Å²) in [5.74, 6) is -0.188. The minimum absolute atomic E-state index is 0.0864. The fourth-order valence-corrected chi connectivity index (χ4v) is 3.55. The average Bonchev–Trinajstić information content (AvgIpc) is 2.58. The van der Waals surface area contributed by atoms with Crippen molar-refractivity contribution >= 4 is 21.6 Å². The van der Waals surface area contributed by atoms with Gasteiger partial charge in [0.1, 0.15) is 0 Å². The van der Waals surface area contributed by atoms with E-state index in [9.17, 15) is 13.2 Å². The first-order chi connectivity index (χ1) is 12.4. The highest BCUT2D eigenvalue weighted by Crippen LogP contribution is 2.15. The molecular formula is C19H24N2O4S. The summed E-state index contributed by atoms with van der Waals surface area (Å²) in [4.78, 5) is 11.7. The van der Waals surface area contributed by atoms with Crippen LogP contribution < -0.4 is 10.0 Å². The molecule has 7 heteroatoms. The third-order valence-electron chi connectivity index (χ3n) is 3.70. The summed E-state index contributed by atoms with van der Waals surface area (Å²) in [7, 11) is -1.92. The van der Waals surface area contributed by atoms with Crippen LogP contribution in [-0.4, -0.2) is 34.6 Å². The number of rotatable bonds is 9. The maximum atomic E-state index is 12.3. The molecule has 0 aliphatic heterocycles. The number of hydrogen-bond donors (Lipinski definition) is 2. The van der Waals surface area contributed by atoms with Crippen LogP contribution in [0.15, 0.2) is 48.5 Å². The van der Waals surface area contributed by atoms with Gasteiger partial charge in [0.15, 0.2) is 0 Å². The van der Waals surface area contributed by atoms with E-state index in [1.807, 2.05) is 19.1 Å². The molecule has 0 aromatic heterocycles. The zero-order valence-electron chi connectivity index (χ0n) is 15.0. The van der Waals surface area contributed by atoms with Gasteiger partial charge in [0.2, 0.25) is 15.9 Å². The van der Waals surface area contributed by atoms with E-state index in [2.05, 4.69) is 10.0 Å². The van der Waals surface area contributed by atoms with Crippen molar-refractivity contribution in [3.8, 4) is 0 Å². The second-order valence-electron chi connectivity index (χ2n) is 6.06. The Labute approximate surface area is 154 Å². The van der Waals surface area contributed by atoms with Gasteiger partial charge < -0.3 is 10.1 Å². The van der Waals surface area contributed by atoms with Crippen LogP contribution in [0.3, 0.4) is 0 Å². The monoisotopic (exact) mass is 376 g/mol. The number of carbonyl (C=O) groups is 1. The van der Waals surface area contributed by atoms with Gasteiger partial charge in [-0.15, -0.1) is 0 Å². The van der Waals surface area contributed by atoms with Gasteiger partial charge >= 0.3 is 0 Å². The first-order valence-electron chi connectivity index (χ1n) is 8.28. The Balaban J connectivity index is 1.91. The van der Waals surface area contributed by atoms with Crippen LogP contribution in [-0.2, 0) is 31.7 Å². The largest absolute Gasteiger partial charge is 0.383 e. The van der Waals surface area contributed by atoms with Crippen LogP contribution in [0.2, 0.25) is 0 Å². The molecule has 2 N–H and O–H groups in total. The molecule has 0 fully saturated rings. The smallest absolute Gasteiger partial charge is 0.236 e. The molecule has 0 heterocycles. The number of aryl methyl sites for hydroxylation is 1. The van der Waals surface area contributed by atoms with Crippen molar-refractivity contribution in [3.05, 3.63) is 65.2 Å². The number of benzene rings is 2. The summed E-state index contributed by atoms with van der Waals surface area (Å²) in [6.07, 6.45) is 0.236. The molecule has 6 nitrogen and oxygen atoms in total. The summed E-state index contributed by atoms with van der Waals surface area (Å²) in [5, 5.41) is 2.74. The molecule has 0 atom stereocenters. The van der Waals surface area contributed by atoms with Crippen LogP contribution in [0.5, 0.6) is 0 Å². The summed E-state index contributed by atoms with van der Waals surface area (Å²) < 4.78 is 32.0. The van der Waals surface area contributed by atoms with E-state index in [0.29, 0.717) is 18.8 Å². The number of sulfonamides is 1. The zero-order chi connectivity index (χ0) is 19.0. The molecule has 26 heavy (non-hydrogen) atoms. The van der Waals surface area contributed by atoms with Gasteiger partial charge in [0.25, 0.3) is 0 Å². The van der Waals surface area contributed by atoms with Crippen molar-refractivity contribution in [2.75, 3.05) is 25.0 Å². The first-order valence-corrected chi connectivity index (χ1v) is 9.94. The van der Waals surface area contributed by atoms with E-state index in [-0.39, 0.29) is 18.1 Å². The van der Waals surface area contributed by atoms with E-state index >= 15 is 0 Å². The summed E-state index contributed by atoms with van der Waals surface area (Å²) >= 11 is 0. The summed E-state index contributed by atoms with van der Waals surface area (Å²) in [5.41, 5.74) is 3.09. The molecule has 0 bridgehead atoms. The third-order valence-corrected chi connectivity index (χ3v) is 4.96. The molecule has 140 valence electrons. The Morgan fingerprint density at radius 3 is 2.23 bits per heavy atom. The molecule has 0 aliphatic carbocycles. The van der Waals surface area contributed by atoms with Gasteiger partial charge in [-0.1, -0.05) is 42.0 Å². The predicted molar refractivity (Wildman–Crippen MR) is 102 cm³/mol. The molecule has 1 amide bonds. The Hall–Kier alpha value is -2.38. The van der Waals surface area contributed by atoms with Crippen molar-refractivity contribution in [2.45, 2.75) is 19.1 Å². The van der Waals surface area contributed by atoms with E-state index < -0.39 is 10.0 Å². The van der Waals surface area contributed by atoms with Gasteiger partial charge in [0, 0.05) is 19.3 Å². The van der Waals surface area contributed by atoms with E-state index in [0.717, 1.165) is 16.7 Å². The normalized spacial score (nSPS) is 11.2.